The van der Waals surface area contributed by atoms with Crippen LogP contribution in [0.2, 0.25) is 0 Å². The Bertz CT molecular complexity index is 1040. The number of nitrogens with zero attached hydrogens (tertiary/aromatic N) is 1. The van der Waals surface area contributed by atoms with Gasteiger partial charge in [-0.05, 0) is 47.9 Å². The van der Waals surface area contributed by atoms with Gasteiger partial charge < -0.3 is 9.64 Å². The first-order valence-electron chi connectivity index (χ1n) is 9.65. The van der Waals surface area contributed by atoms with E-state index >= 15 is 0 Å². The van der Waals surface area contributed by atoms with Gasteiger partial charge in [-0.25, -0.2) is 8.78 Å². The van der Waals surface area contributed by atoms with Crippen LogP contribution in [-0.2, 0) is 4.79 Å². The van der Waals surface area contributed by atoms with Crippen LogP contribution in [0.15, 0.2) is 72.8 Å². The molecule has 0 saturated carbocycles. The van der Waals surface area contributed by atoms with Crippen LogP contribution in [0, 0.1) is 17.6 Å². The van der Waals surface area contributed by atoms with Gasteiger partial charge in [0.1, 0.15) is 23.1 Å². The quantitative estimate of drug-likeness (QED) is 0.539. The van der Waals surface area contributed by atoms with E-state index in [1.54, 1.807) is 47.4 Å². The number of amides is 1. The second-order valence-corrected chi connectivity index (χ2v) is 7.21. The Morgan fingerprint density at radius 1 is 0.931 bits per heavy atom. The van der Waals surface area contributed by atoms with Gasteiger partial charge >= 0.3 is 0 Å². The lowest BCUT2D eigenvalue weighted by atomic mass is 9.87. The van der Waals surface area contributed by atoms with Crippen molar-refractivity contribution in [2.75, 3.05) is 11.4 Å². The molecule has 0 N–H and O–H groups in total. The second kappa shape index (κ2) is 8.03. The molecule has 0 unspecified atom stereocenters. The number of halogens is 2. The zero-order valence-corrected chi connectivity index (χ0v) is 16.0. The van der Waals surface area contributed by atoms with E-state index in [9.17, 15) is 13.6 Å². The van der Waals surface area contributed by atoms with Gasteiger partial charge in [-0.1, -0.05) is 37.6 Å². The van der Waals surface area contributed by atoms with E-state index in [2.05, 4.69) is 0 Å². The summed E-state index contributed by atoms with van der Waals surface area (Å²) in [6, 6.07) is 19.3. The molecule has 2 atom stereocenters. The third-order valence-electron chi connectivity index (χ3n) is 5.31. The predicted octanol–water partition coefficient (Wildman–Crippen LogP) is 5.91. The Kier molecular flexibility index (Phi) is 5.30. The van der Waals surface area contributed by atoms with Crippen molar-refractivity contribution >= 4 is 11.6 Å². The van der Waals surface area contributed by atoms with Crippen LogP contribution in [0.5, 0.6) is 11.5 Å². The smallest absolute Gasteiger partial charge is 0.234 e. The second-order valence-electron chi connectivity index (χ2n) is 7.21. The number of anilines is 1. The van der Waals surface area contributed by atoms with Gasteiger partial charge in [0.05, 0.1) is 5.92 Å². The fraction of sp³-hybridized carbons (Fsp3) is 0.208. The number of hydrogen-bond acceptors (Lipinski definition) is 2. The van der Waals surface area contributed by atoms with Crippen molar-refractivity contribution in [3.8, 4) is 11.5 Å². The molecule has 3 aromatic rings. The van der Waals surface area contributed by atoms with Crippen molar-refractivity contribution < 1.29 is 18.3 Å². The summed E-state index contributed by atoms with van der Waals surface area (Å²) < 4.78 is 32.9. The fourth-order valence-corrected chi connectivity index (χ4v) is 3.89. The monoisotopic (exact) mass is 393 g/mol. The summed E-state index contributed by atoms with van der Waals surface area (Å²) in [7, 11) is 0. The minimum atomic E-state index is -0.378. The molecule has 1 amide bonds. The molecule has 1 heterocycles. The number of ether oxygens (including phenoxy) is 1. The highest BCUT2D eigenvalue weighted by Gasteiger charge is 2.41. The highest BCUT2D eigenvalue weighted by Crippen LogP contribution is 2.39. The van der Waals surface area contributed by atoms with Gasteiger partial charge in [-0.15, -0.1) is 0 Å². The molecule has 1 saturated heterocycles. The number of rotatable bonds is 5. The standard InChI is InChI=1S/C24H21F2NO2/c1-2-16-15-27(24(28)23(16)17-6-3-7-18(25)12-17)20-9-5-11-22(14-20)29-21-10-4-8-19(26)13-21/h3-14,16,23H,2,15H2,1H3/t16-,23-/m1/s1. The van der Waals surface area contributed by atoms with E-state index in [1.165, 1.54) is 24.3 Å². The largest absolute Gasteiger partial charge is 0.457 e. The molecule has 5 heteroatoms. The molecular weight excluding hydrogens is 372 g/mol. The van der Waals surface area contributed by atoms with Gasteiger partial charge in [0.15, 0.2) is 0 Å². The van der Waals surface area contributed by atoms with Crippen LogP contribution in [-0.4, -0.2) is 12.5 Å². The number of hydrogen-bond donors (Lipinski definition) is 0. The molecule has 0 aliphatic carbocycles. The van der Waals surface area contributed by atoms with E-state index in [-0.39, 0.29) is 29.4 Å². The SMILES string of the molecule is CC[C@@H]1CN(c2cccc(Oc3cccc(F)c3)c2)C(=O)[C@H]1c1cccc(F)c1. The van der Waals surface area contributed by atoms with Crippen molar-refractivity contribution in [1.82, 2.24) is 0 Å². The van der Waals surface area contributed by atoms with Gasteiger partial charge in [0.25, 0.3) is 0 Å². The molecule has 0 radical (unpaired) electrons. The number of carbonyl (C=O) groups is 1. The van der Waals surface area contributed by atoms with Crippen LogP contribution in [0.3, 0.4) is 0 Å². The Balaban J connectivity index is 1.60. The van der Waals surface area contributed by atoms with Crippen molar-refractivity contribution in [3.63, 3.8) is 0 Å². The van der Waals surface area contributed by atoms with Crippen LogP contribution >= 0.6 is 0 Å². The molecule has 4 rings (SSSR count). The van der Waals surface area contributed by atoms with Crippen molar-refractivity contribution in [2.24, 2.45) is 5.92 Å². The molecule has 0 spiro atoms. The van der Waals surface area contributed by atoms with E-state index in [0.29, 0.717) is 29.3 Å². The third kappa shape index (κ3) is 3.99. The minimum absolute atomic E-state index is 0.0506. The first-order valence-corrected chi connectivity index (χ1v) is 9.65. The maximum Gasteiger partial charge on any atom is 0.234 e. The average Bonchev–Trinajstić information content (AvgIpc) is 3.04. The highest BCUT2D eigenvalue weighted by molar-refractivity contribution is 6.01. The molecular formula is C24H21F2NO2. The summed E-state index contributed by atoms with van der Waals surface area (Å²) in [4.78, 5) is 14.9. The van der Waals surface area contributed by atoms with Crippen LogP contribution in [0.4, 0.5) is 14.5 Å². The predicted molar refractivity (Wildman–Crippen MR) is 108 cm³/mol. The fourth-order valence-electron chi connectivity index (χ4n) is 3.89. The van der Waals surface area contributed by atoms with Gasteiger partial charge in [0, 0.05) is 24.4 Å². The Hall–Kier alpha value is -3.21. The van der Waals surface area contributed by atoms with Gasteiger partial charge in [0.2, 0.25) is 5.91 Å². The summed E-state index contributed by atoms with van der Waals surface area (Å²) in [5.74, 6) is -0.140. The van der Waals surface area contributed by atoms with E-state index in [0.717, 1.165) is 6.42 Å². The molecule has 1 aliphatic rings. The minimum Gasteiger partial charge on any atom is -0.457 e. The lowest BCUT2D eigenvalue weighted by molar-refractivity contribution is -0.118. The molecule has 29 heavy (non-hydrogen) atoms. The van der Waals surface area contributed by atoms with E-state index < -0.39 is 0 Å². The topological polar surface area (TPSA) is 29.5 Å². The molecule has 3 aromatic carbocycles. The summed E-state index contributed by atoms with van der Waals surface area (Å²) in [5.41, 5.74) is 1.41. The van der Waals surface area contributed by atoms with Crippen molar-refractivity contribution in [3.05, 3.63) is 90.0 Å². The zero-order chi connectivity index (χ0) is 20.4. The van der Waals surface area contributed by atoms with E-state index in [1.807, 2.05) is 13.0 Å². The maximum atomic E-state index is 13.7. The summed E-state index contributed by atoms with van der Waals surface area (Å²) >= 11 is 0. The zero-order valence-electron chi connectivity index (χ0n) is 16.0. The Morgan fingerprint density at radius 3 is 2.28 bits per heavy atom. The molecule has 1 aliphatic heterocycles. The lowest BCUT2D eigenvalue weighted by Gasteiger charge is -2.18. The molecule has 0 aromatic heterocycles. The summed E-state index contributed by atoms with van der Waals surface area (Å²) in [6.45, 7) is 2.59. The van der Waals surface area contributed by atoms with E-state index in [4.69, 9.17) is 4.74 Å². The lowest BCUT2D eigenvalue weighted by Crippen LogP contribution is -2.26. The summed E-state index contributed by atoms with van der Waals surface area (Å²) in [6.07, 6.45) is 0.808. The molecule has 1 fully saturated rings. The van der Waals surface area contributed by atoms with Crippen LogP contribution in [0.25, 0.3) is 0 Å². The average molecular weight is 393 g/mol. The van der Waals surface area contributed by atoms with Crippen molar-refractivity contribution in [1.29, 1.82) is 0 Å². The Morgan fingerprint density at radius 2 is 1.59 bits per heavy atom. The van der Waals surface area contributed by atoms with Gasteiger partial charge in [-0.2, -0.15) is 0 Å². The first-order chi connectivity index (χ1) is 14.0. The Labute approximate surface area is 168 Å². The van der Waals surface area contributed by atoms with Gasteiger partial charge in [-0.3, -0.25) is 4.79 Å². The third-order valence-corrected chi connectivity index (χ3v) is 5.31. The molecule has 3 nitrogen and oxygen atoms in total. The van der Waals surface area contributed by atoms with Crippen LogP contribution < -0.4 is 9.64 Å². The molecule has 0 bridgehead atoms. The maximum absolute atomic E-state index is 13.7. The normalized spacial score (nSPS) is 18.9. The van der Waals surface area contributed by atoms with Crippen LogP contribution in [0.1, 0.15) is 24.8 Å². The first kappa shape index (κ1) is 19.1. The highest BCUT2D eigenvalue weighted by atomic mass is 19.1. The molecule has 148 valence electrons. The number of carbonyl (C=O) groups excluding carboxylic acids is 1. The summed E-state index contributed by atoms with van der Waals surface area (Å²) in [5, 5.41) is 0. The number of benzene rings is 3. The van der Waals surface area contributed by atoms with Crippen molar-refractivity contribution in [2.45, 2.75) is 19.3 Å².